The van der Waals surface area contributed by atoms with Crippen LogP contribution in [0.4, 0.5) is 0 Å². The molecule has 0 amide bonds. The van der Waals surface area contributed by atoms with E-state index in [0.29, 0.717) is 24.4 Å². The lowest BCUT2D eigenvalue weighted by molar-refractivity contribution is -0.140. The number of ether oxygens (including phenoxy) is 2. The number of likely N-dealkylation sites (N-methyl/N-ethyl adjacent to an activating group) is 1. The van der Waals surface area contributed by atoms with Crippen molar-refractivity contribution in [1.82, 2.24) is 4.90 Å². The standard InChI is InChI=1S/C11H12O2.C8H15NO2/c1-9(2)11(12)13-8-10-6-4-3-5-7-10;1-7(2)8(10)11-6-5-9(3)4/h3-7H,1,8H2,2H3;1,5-6H2,2-4H3. The fourth-order valence-corrected chi connectivity index (χ4v) is 1.29. The molecule has 0 bridgehead atoms. The number of nitrogens with zero attached hydrogens (tertiary/aromatic N) is 1. The van der Waals surface area contributed by atoms with Crippen molar-refractivity contribution in [3.8, 4) is 0 Å². The van der Waals surface area contributed by atoms with Gasteiger partial charge in [-0.05, 0) is 33.5 Å². The summed E-state index contributed by atoms with van der Waals surface area (Å²) >= 11 is 0. The van der Waals surface area contributed by atoms with Gasteiger partial charge in [0, 0.05) is 17.7 Å². The summed E-state index contributed by atoms with van der Waals surface area (Å²) in [6.45, 7) is 11.7. The quantitative estimate of drug-likeness (QED) is 0.567. The molecule has 0 saturated heterocycles. The first-order valence-corrected chi connectivity index (χ1v) is 7.58. The SMILES string of the molecule is C=C(C)C(=O)OCCN(C)C.C=C(C)C(=O)OCc1ccccc1. The molecule has 0 aliphatic heterocycles. The van der Waals surface area contributed by atoms with Crippen LogP contribution in [0.3, 0.4) is 0 Å². The maximum atomic E-state index is 11.0. The molecule has 0 saturated carbocycles. The summed E-state index contributed by atoms with van der Waals surface area (Å²) in [5, 5.41) is 0. The monoisotopic (exact) mass is 333 g/mol. The largest absolute Gasteiger partial charge is 0.461 e. The van der Waals surface area contributed by atoms with Crippen LogP contribution in [0.5, 0.6) is 0 Å². The zero-order chi connectivity index (χ0) is 18.5. The molecule has 0 aliphatic carbocycles. The molecule has 5 heteroatoms. The van der Waals surface area contributed by atoms with E-state index in [9.17, 15) is 9.59 Å². The number of carbonyl (C=O) groups is 2. The van der Waals surface area contributed by atoms with E-state index in [0.717, 1.165) is 12.1 Å². The molecule has 132 valence electrons. The summed E-state index contributed by atoms with van der Waals surface area (Å²) in [5.41, 5.74) is 1.86. The lowest BCUT2D eigenvalue weighted by atomic mass is 10.2. The van der Waals surface area contributed by atoms with Crippen LogP contribution >= 0.6 is 0 Å². The van der Waals surface area contributed by atoms with Crippen molar-refractivity contribution in [3.05, 3.63) is 60.2 Å². The van der Waals surface area contributed by atoms with E-state index in [1.54, 1.807) is 13.8 Å². The number of rotatable bonds is 7. The third kappa shape index (κ3) is 11.2. The van der Waals surface area contributed by atoms with E-state index >= 15 is 0 Å². The van der Waals surface area contributed by atoms with Gasteiger partial charge in [-0.3, -0.25) is 0 Å². The van der Waals surface area contributed by atoms with Crippen molar-refractivity contribution < 1.29 is 19.1 Å². The van der Waals surface area contributed by atoms with Gasteiger partial charge >= 0.3 is 11.9 Å². The molecule has 0 N–H and O–H groups in total. The molecule has 0 atom stereocenters. The molecule has 0 spiro atoms. The number of carbonyl (C=O) groups excluding carboxylic acids is 2. The van der Waals surface area contributed by atoms with Crippen LogP contribution in [0.2, 0.25) is 0 Å². The zero-order valence-electron chi connectivity index (χ0n) is 15.0. The Balaban J connectivity index is 0.000000449. The smallest absolute Gasteiger partial charge is 0.333 e. The van der Waals surface area contributed by atoms with Gasteiger partial charge in [-0.15, -0.1) is 0 Å². The molecule has 0 fully saturated rings. The molecule has 1 aromatic carbocycles. The summed E-state index contributed by atoms with van der Waals surface area (Å²) < 4.78 is 9.79. The summed E-state index contributed by atoms with van der Waals surface area (Å²) in [6, 6.07) is 9.55. The second-order valence-electron chi connectivity index (χ2n) is 5.56. The first-order valence-electron chi connectivity index (χ1n) is 7.58. The molecule has 0 unspecified atom stereocenters. The minimum atomic E-state index is -0.344. The van der Waals surface area contributed by atoms with Gasteiger partial charge in [0.05, 0.1) is 0 Å². The number of hydrogen-bond acceptors (Lipinski definition) is 5. The summed E-state index contributed by atoms with van der Waals surface area (Å²) in [4.78, 5) is 23.7. The third-order valence-corrected chi connectivity index (χ3v) is 2.68. The summed E-state index contributed by atoms with van der Waals surface area (Å²) in [6.07, 6.45) is 0. The Labute approximate surface area is 144 Å². The van der Waals surface area contributed by atoms with Gasteiger partial charge in [-0.1, -0.05) is 43.5 Å². The van der Waals surface area contributed by atoms with Gasteiger partial charge in [0.25, 0.3) is 0 Å². The molecule has 1 aromatic rings. The lowest BCUT2D eigenvalue weighted by Crippen LogP contribution is -2.20. The van der Waals surface area contributed by atoms with E-state index in [4.69, 9.17) is 9.47 Å². The van der Waals surface area contributed by atoms with Crippen LogP contribution in [0.1, 0.15) is 19.4 Å². The van der Waals surface area contributed by atoms with E-state index < -0.39 is 0 Å². The Hall–Kier alpha value is -2.40. The molecule has 1 rings (SSSR count). The third-order valence-electron chi connectivity index (χ3n) is 2.68. The molecular formula is C19H27NO4. The van der Waals surface area contributed by atoms with Crippen molar-refractivity contribution in [2.45, 2.75) is 20.5 Å². The first-order chi connectivity index (χ1) is 11.2. The highest BCUT2D eigenvalue weighted by Gasteiger charge is 2.02. The van der Waals surface area contributed by atoms with Gasteiger partial charge in [0.15, 0.2) is 0 Å². The fraction of sp³-hybridized carbons (Fsp3) is 0.368. The molecule has 0 heterocycles. The fourth-order valence-electron chi connectivity index (χ4n) is 1.29. The normalized spacial score (nSPS) is 9.54. The van der Waals surface area contributed by atoms with E-state index in [2.05, 4.69) is 13.2 Å². The van der Waals surface area contributed by atoms with Crippen LogP contribution < -0.4 is 0 Å². The van der Waals surface area contributed by atoms with Crippen molar-refractivity contribution in [2.24, 2.45) is 0 Å². The van der Waals surface area contributed by atoms with Gasteiger partial charge in [0.2, 0.25) is 0 Å². The summed E-state index contributed by atoms with van der Waals surface area (Å²) in [7, 11) is 3.85. The van der Waals surface area contributed by atoms with Crippen molar-refractivity contribution in [2.75, 3.05) is 27.2 Å². The van der Waals surface area contributed by atoms with Crippen LogP contribution in [0.15, 0.2) is 54.6 Å². The molecule has 24 heavy (non-hydrogen) atoms. The second kappa shape index (κ2) is 12.1. The Bertz CT molecular complexity index is 550. The minimum Gasteiger partial charge on any atom is -0.461 e. The summed E-state index contributed by atoms with van der Waals surface area (Å²) in [5.74, 6) is -0.657. The highest BCUT2D eigenvalue weighted by atomic mass is 16.5. The van der Waals surface area contributed by atoms with Gasteiger partial charge in [0.1, 0.15) is 13.2 Å². The van der Waals surface area contributed by atoms with Crippen molar-refractivity contribution in [3.63, 3.8) is 0 Å². The Morgan fingerprint density at radius 1 is 0.958 bits per heavy atom. The van der Waals surface area contributed by atoms with Crippen LogP contribution in [-0.2, 0) is 25.7 Å². The van der Waals surface area contributed by atoms with Crippen molar-refractivity contribution in [1.29, 1.82) is 0 Å². The van der Waals surface area contributed by atoms with Gasteiger partial charge < -0.3 is 14.4 Å². The zero-order valence-corrected chi connectivity index (χ0v) is 15.0. The second-order valence-corrected chi connectivity index (χ2v) is 5.56. The topological polar surface area (TPSA) is 55.8 Å². The lowest BCUT2D eigenvalue weighted by Gasteiger charge is -2.09. The van der Waals surface area contributed by atoms with Crippen LogP contribution in [-0.4, -0.2) is 44.1 Å². The maximum Gasteiger partial charge on any atom is 0.333 e. The molecule has 5 nitrogen and oxygen atoms in total. The highest BCUT2D eigenvalue weighted by Crippen LogP contribution is 2.02. The Kier molecular flexibility index (Phi) is 10.9. The molecule has 0 aromatic heterocycles. The van der Waals surface area contributed by atoms with Crippen LogP contribution in [0, 0.1) is 0 Å². The number of hydrogen-bond donors (Lipinski definition) is 0. The predicted octanol–water partition coefficient (Wildman–Crippen LogP) is 2.97. The van der Waals surface area contributed by atoms with E-state index in [1.807, 2.05) is 49.3 Å². The first kappa shape index (κ1) is 21.6. The van der Waals surface area contributed by atoms with Gasteiger partial charge in [-0.2, -0.15) is 0 Å². The Morgan fingerprint density at radius 2 is 1.46 bits per heavy atom. The average molecular weight is 333 g/mol. The van der Waals surface area contributed by atoms with Gasteiger partial charge in [-0.25, -0.2) is 9.59 Å². The molecule has 0 aliphatic rings. The van der Waals surface area contributed by atoms with Crippen molar-refractivity contribution >= 4 is 11.9 Å². The highest BCUT2D eigenvalue weighted by molar-refractivity contribution is 5.87. The minimum absolute atomic E-state index is 0.312. The molecule has 0 radical (unpaired) electrons. The predicted molar refractivity (Wildman–Crippen MR) is 95.4 cm³/mol. The Morgan fingerprint density at radius 3 is 1.92 bits per heavy atom. The van der Waals surface area contributed by atoms with Crippen LogP contribution in [0.25, 0.3) is 0 Å². The number of esters is 2. The average Bonchev–Trinajstić information content (AvgIpc) is 2.53. The molecular weight excluding hydrogens is 306 g/mol. The van der Waals surface area contributed by atoms with E-state index in [-0.39, 0.29) is 11.9 Å². The number of benzene rings is 1. The van der Waals surface area contributed by atoms with E-state index in [1.165, 1.54) is 0 Å². The maximum absolute atomic E-state index is 11.0.